The molecule has 1 aromatic heterocycles. The number of nitrogens with one attached hydrogen (secondary N) is 2. The van der Waals surface area contributed by atoms with Gasteiger partial charge in [0.2, 0.25) is 0 Å². The number of carbonyl (C=O) groups is 2. The number of aromatic nitrogens is 1. The van der Waals surface area contributed by atoms with Crippen LogP contribution < -0.4 is 14.8 Å². The van der Waals surface area contributed by atoms with Gasteiger partial charge in [0.15, 0.2) is 5.78 Å². The van der Waals surface area contributed by atoms with Crippen LogP contribution in [-0.2, 0) is 14.3 Å². The van der Waals surface area contributed by atoms with Crippen molar-refractivity contribution in [2.75, 3.05) is 37.6 Å². The van der Waals surface area contributed by atoms with Gasteiger partial charge in [0.25, 0.3) is 5.82 Å². The average molecular weight is 410 g/mol. The number of aromatic amines is 1. The molecule has 3 fully saturated rings. The number of ether oxygens (including phenoxy) is 1. The molecule has 4 atom stereocenters. The molecule has 2 aliphatic heterocycles. The molecule has 158 valence electrons. The lowest BCUT2D eigenvalue weighted by Gasteiger charge is -2.43. The maximum Gasteiger partial charge on any atom is 0.315 e. The number of hydrogen-bond donors (Lipinski definition) is 1. The molecule has 1 saturated carbocycles. The fourth-order valence-electron chi connectivity index (χ4n) is 5.96. The van der Waals surface area contributed by atoms with E-state index < -0.39 is 0 Å². The number of rotatable bonds is 3. The van der Waals surface area contributed by atoms with Crippen LogP contribution in [0.5, 0.6) is 0 Å². The number of pyridine rings is 1. The normalized spacial score (nSPS) is 34.1. The second-order valence-electron chi connectivity index (χ2n) is 9.51. The molecule has 6 nitrogen and oxygen atoms in total. The number of piperazine rings is 1. The predicted molar refractivity (Wildman–Crippen MR) is 112 cm³/mol. The van der Waals surface area contributed by atoms with E-state index in [1.807, 2.05) is 25.3 Å². The van der Waals surface area contributed by atoms with Gasteiger partial charge < -0.3 is 9.64 Å². The Bertz CT molecular complexity index is 917. The van der Waals surface area contributed by atoms with Crippen LogP contribution in [0.4, 0.5) is 5.82 Å². The van der Waals surface area contributed by atoms with Crippen molar-refractivity contribution in [1.29, 1.82) is 0 Å². The lowest BCUT2D eigenvalue weighted by molar-refractivity contribution is -0.903. The van der Waals surface area contributed by atoms with E-state index in [4.69, 9.17) is 4.74 Å². The summed E-state index contributed by atoms with van der Waals surface area (Å²) in [6, 6.07) is 6.16. The van der Waals surface area contributed by atoms with Gasteiger partial charge in [-0.3, -0.25) is 14.5 Å². The minimum absolute atomic E-state index is 0.0575. The first-order valence-corrected chi connectivity index (χ1v) is 11.2. The van der Waals surface area contributed by atoms with Gasteiger partial charge in [0.05, 0.1) is 12.7 Å². The van der Waals surface area contributed by atoms with Crippen molar-refractivity contribution in [3.8, 4) is 0 Å². The van der Waals surface area contributed by atoms with E-state index in [2.05, 4.69) is 28.9 Å². The third kappa shape index (κ3) is 3.18. The zero-order valence-corrected chi connectivity index (χ0v) is 17.8. The van der Waals surface area contributed by atoms with E-state index in [0.29, 0.717) is 0 Å². The van der Waals surface area contributed by atoms with Crippen LogP contribution in [0.3, 0.4) is 0 Å². The predicted octanol–water partition coefficient (Wildman–Crippen LogP) is 0.619. The summed E-state index contributed by atoms with van der Waals surface area (Å²) >= 11 is 0. The molecule has 0 unspecified atom stereocenters. The van der Waals surface area contributed by atoms with Crippen LogP contribution >= 0.6 is 0 Å². The molecule has 6 heteroatoms. The van der Waals surface area contributed by atoms with E-state index in [-0.39, 0.29) is 35.1 Å². The van der Waals surface area contributed by atoms with Gasteiger partial charge in [0.1, 0.15) is 38.2 Å². The molecule has 0 spiro atoms. The molecule has 3 heterocycles. The summed E-state index contributed by atoms with van der Waals surface area (Å²) in [7, 11) is 0. The van der Waals surface area contributed by atoms with Crippen molar-refractivity contribution >= 4 is 17.6 Å². The lowest BCUT2D eigenvalue weighted by Crippen LogP contribution is -3.15. The fourth-order valence-corrected chi connectivity index (χ4v) is 5.96. The maximum atomic E-state index is 12.9. The topological polar surface area (TPSA) is 65.2 Å². The van der Waals surface area contributed by atoms with Crippen molar-refractivity contribution in [1.82, 2.24) is 0 Å². The van der Waals surface area contributed by atoms with Gasteiger partial charge in [0, 0.05) is 23.0 Å². The standard InChI is InChI=1S/C24H29N3O3/c1-16-19(28)7-9-24(2)8-6-17-18(23(29)30-22(17)21(16)24)15-26-11-13-27(14-12-26)20-5-3-4-10-25-20/h3-5,7,9-10,17-18,22H,6,8,11-15H2,1-2H3/p+2/t17-,18-,22-,24-/m0/s1. The monoisotopic (exact) mass is 409 g/mol. The Hall–Kier alpha value is -2.47. The number of quaternary nitrogens is 1. The first-order chi connectivity index (χ1) is 14.5. The van der Waals surface area contributed by atoms with Crippen molar-refractivity contribution in [2.45, 2.75) is 32.8 Å². The summed E-state index contributed by atoms with van der Waals surface area (Å²) in [6.07, 6.45) is 7.41. The minimum Gasteiger partial charge on any atom is -0.457 e. The summed E-state index contributed by atoms with van der Waals surface area (Å²) in [5.41, 5.74) is 1.68. The molecule has 2 saturated heterocycles. The first-order valence-electron chi connectivity index (χ1n) is 11.2. The molecule has 4 aliphatic rings. The van der Waals surface area contributed by atoms with Crippen LogP contribution in [0.25, 0.3) is 0 Å². The highest BCUT2D eigenvalue weighted by Gasteiger charge is 2.55. The molecule has 0 amide bonds. The second kappa shape index (κ2) is 7.34. The van der Waals surface area contributed by atoms with Crippen LogP contribution in [0, 0.1) is 17.3 Å². The van der Waals surface area contributed by atoms with Gasteiger partial charge >= 0.3 is 5.97 Å². The highest BCUT2D eigenvalue weighted by Crippen LogP contribution is 2.52. The number of esters is 1. The zero-order chi connectivity index (χ0) is 20.9. The number of fused-ring (bicyclic) bond motifs is 3. The Morgan fingerprint density at radius 3 is 2.80 bits per heavy atom. The van der Waals surface area contributed by atoms with E-state index in [0.717, 1.165) is 62.5 Å². The van der Waals surface area contributed by atoms with Crippen LogP contribution in [0.15, 0.2) is 47.7 Å². The number of anilines is 1. The number of H-pyrrole nitrogens is 1. The average Bonchev–Trinajstić information content (AvgIpc) is 3.07. The molecular formula is C24H31N3O3+2. The third-order valence-corrected chi connectivity index (χ3v) is 7.74. The number of allylic oxidation sites excluding steroid dienone is 3. The van der Waals surface area contributed by atoms with Gasteiger partial charge in [-0.1, -0.05) is 19.1 Å². The Morgan fingerprint density at radius 2 is 2.07 bits per heavy atom. The van der Waals surface area contributed by atoms with Gasteiger partial charge in [-0.05, 0) is 37.5 Å². The van der Waals surface area contributed by atoms with Gasteiger partial charge in [-0.15, -0.1) is 0 Å². The largest absolute Gasteiger partial charge is 0.457 e. The van der Waals surface area contributed by atoms with Crippen molar-refractivity contribution in [3.05, 3.63) is 47.7 Å². The second-order valence-corrected chi connectivity index (χ2v) is 9.51. The van der Waals surface area contributed by atoms with Crippen molar-refractivity contribution in [2.24, 2.45) is 17.3 Å². The molecule has 0 aromatic carbocycles. The molecular weight excluding hydrogens is 378 g/mol. The van der Waals surface area contributed by atoms with Crippen LogP contribution in [0.2, 0.25) is 0 Å². The highest BCUT2D eigenvalue weighted by atomic mass is 16.6. The summed E-state index contributed by atoms with van der Waals surface area (Å²) in [5.74, 6) is 1.28. The molecule has 2 N–H and O–H groups in total. The Labute approximate surface area is 177 Å². The smallest absolute Gasteiger partial charge is 0.315 e. The quantitative estimate of drug-likeness (QED) is 0.744. The molecule has 5 rings (SSSR count). The van der Waals surface area contributed by atoms with Gasteiger partial charge in [-0.25, -0.2) is 4.98 Å². The number of hydrogen-bond acceptors (Lipinski definition) is 4. The summed E-state index contributed by atoms with van der Waals surface area (Å²) in [6.45, 7) is 8.90. The van der Waals surface area contributed by atoms with Crippen LogP contribution in [-0.4, -0.2) is 50.6 Å². The number of nitrogens with zero attached hydrogens (tertiary/aromatic N) is 1. The molecule has 1 aromatic rings. The van der Waals surface area contributed by atoms with E-state index in [1.54, 1.807) is 6.08 Å². The molecule has 2 aliphatic carbocycles. The molecule has 0 radical (unpaired) electrons. The Morgan fingerprint density at radius 1 is 1.27 bits per heavy atom. The number of ketones is 1. The van der Waals surface area contributed by atoms with E-state index in [9.17, 15) is 9.59 Å². The van der Waals surface area contributed by atoms with Crippen molar-refractivity contribution in [3.63, 3.8) is 0 Å². The lowest BCUT2D eigenvalue weighted by atomic mass is 9.61. The Kier molecular flexibility index (Phi) is 4.77. The number of carbonyl (C=O) groups excluding carboxylic acids is 2. The SMILES string of the molecule is CC1=C2[C@H]3OC(=O)[C@@H](C[NH+]4CCN(c5cccc[nH+]5)CC4)[C@@H]3CC[C@@]2(C)C=CC1=O. The third-order valence-electron chi connectivity index (χ3n) is 7.74. The van der Waals surface area contributed by atoms with Crippen molar-refractivity contribution < 1.29 is 24.2 Å². The summed E-state index contributed by atoms with van der Waals surface area (Å²) in [5, 5.41) is 0. The first kappa shape index (κ1) is 19.5. The van der Waals surface area contributed by atoms with E-state index in [1.165, 1.54) is 4.90 Å². The molecule has 0 bridgehead atoms. The highest BCUT2D eigenvalue weighted by molar-refractivity contribution is 6.05. The zero-order valence-electron chi connectivity index (χ0n) is 17.8. The summed E-state index contributed by atoms with van der Waals surface area (Å²) in [4.78, 5) is 32.4. The summed E-state index contributed by atoms with van der Waals surface area (Å²) < 4.78 is 5.95. The fraction of sp³-hybridized carbons (Fsp3) is 0.542. The molecule has 30 heavy (non-hydrogen) atoms. The maximum absolute atomic E-state index is 12.9. The van der Waals surface area contributed by atoms with Crippen LogP contribution in [0.1, 0.15) is 26.7 Å². The minimum atomic E-state index is -0.227. The van der Waals surface area contributed by atoms with E-state index >= 15 is 0 Å². The Balaban J connectivity index is 1.28. The van der Waals surface area contributed by atoms with Gasteiger partial charge in [-0.2, -0.15) is 0 Å².